The van der Waals surface area contributed by atoms with Crippen LogP contribution in [0.15, 0.2) is 41.3 Å². The molecule has 6 heteroatoms. The first-order valence-electron chi connectivity index (χ1n) is 5.27. The highest BCUT2D eigenvalue weighted by atomic mass is 16.5. The maximum Gasteiger partial charge on any atom is 0.339 e. The van der Waals surface area contributed by atoms with Gasteiger partial charge in [0.1, 0.15) is 0 Å². The highest BCUT2D eigenvalue weighted by Gasteiger charge is 2.20. The minimum absolute atomic E-state index is 0.0823. The van der Waals surface area contributed by atoms with Crippen molar-refractivity contribution in [2.24, 2.45) is 10.7 Å². The number of ether oxygens (including phenoxy) is 1. The Morgan fingerprint density at radius 1 is 1.56 bits per heavy atom. The van der Waals surface area contributed by atoms with Crippen LogP contribution in [0.25, 0.3) is 0 Å². The molecule has 0 spiro atoms. The summed E-state index contributed by atoms with van der Waals surface area (Å²) in [6.45, 7) is 1.70. The first-order chi connectivity index (χ1) is 8.60. The van der Waals surface area contributed by atoms with Gasteiger partial charge in [0, 0.05) is 25.7 Å². The number of nitrogens with two attached hydrogens (primary N) is 1. The predicted molar refractivity (Wildman–Crippen MR) is 67.7 cm³/mol. The Morgan fingerprint density at radius 3 is 2.61 bits per heavy atom. The number of aromatic nitrogens is 1. The van der Waals surface area contributed by atoms with Gasteiger partial charge in [0.25, 0.3) is 0 Å². The molecule has 0 aliphatic heterocycles. The summed E-state index contributed by atoms with van der Waals surface area (Å²) >= 11 is 0. The van der Waals surface area contributed by atoms with Crippen molar-refractivity contribution in [2.75, 3.05) is 7.11 Å². The molecular formula is C12H15N3O3. The summed E-state index contributed by atoms with van der Waals surface area (Å²) in [6, 6.07) is 3.33. The average Bonchev–Trinajstić information content (AvgIpc) is 2.38. The van der Waals surface area contributed by atoms with E-state index in [1.54, 1.807) is 31.5 Å². The van der Waals surface area contributed by atoms with Crippen LogP contribution in [-0.4, -0.2) is 35.0 Å². The number of nitrogens with zero attached hydrogens (tertiary/aromatic N) is 2. The van der Waals surface area contributed by atoms with Crippen LogP contribution in [-0.2, 0) is 9.53 Å². The maximum atomic E-state index is 11.1. The third-order valence-corrected chi connectivity index (χ3v) is 2.32. The summed E-state index contributed by atoms with van der Waals surface area (Å²) in [4.78, 5) is 19.2. The number of carboxylic acid groups (broad SMARTS) is 1. The largest absolute Gasteiger partial charge is 0.478 e. The van der Waals surface area contributed by atoms with Crippen molar-refractivity contribution in [3.05, 3.63) is 36.3 Å². The monoisotopic (exact) mass is 249 g/mol. The van der Waals surface area contributed by atoms with Gasteiger partial charge >= 0.3 is 5.97 Å². The second-order valence-corrected chi connectivity index (χ2v) is 3.47. The van der Waals surface area contributed by atoms with E-state index in [0.29, 0.717) is 5.69 Å². The van der Waals surface area contributed by atoms with E-state index in [9.17, 15) is 4.79 Å². The van der Waals surface area contributed by atoms with Crippen molar-refractivity contribution in [3.8, 4) is 0 Å². The number of rotatable bonds is 5. The lowest BCUT2D eigenvalue weighted by Crippen LogP contribution is -2.26. The minimum atomic E-state index is -1.14. The molecule has 0 saturated carbocycles. The molecule has 0 unspecified atom stereocenters. The van der Waals surface area contributed by atoms with Gasteiger partial charge < -0.3 is 15.6 Å². The molecule has 0 aliphatic rings. The number of carboxylic acids is 1. The van der Waals surface area contributed by atoms with E-state index in [0.717, 1.165) is 6.20 Å². The number of methoxy groups -OCH3 is 1. The Labute approximate surface area is 105 Å². The summed E-state index contributed by atoms with van der Waals surface area (Å²) in [5.74, 6) is -1.14. The SMILES string of the molecule is CO[C@@H](C)C(=Nc1ccncc1)C(=CN)C(=O)O. The molecule has 0 fully saturated rings. The molecule has 1 rings (SSSR count). The van der Waals surface area contributed by atoms with Crippen molar-refractivity contribution in [2.45, 2.75) is 13.0 Å². The lowest BCUT2D eigenvalue weighted by Gasteiger charge is -2.13. The Hall–Kier alpha value is -2.21. The fraction of sp³-hybridized carbons (Fsp3) is 0.250. The standard InChI is InChI=1S/C12H15N3O3/c1-8(18-2)11(10(7-13)12(16)17)15-9-3-5-14-6-4-9/h3-8H,13H2,1-2H3,(H,16,17)/t8-/m0/s1. The summed E-state index contributed by atoms with van der Waals surface area (Å²) in [6.07, 6.45) is 3.67. The molecule has 1 aromatic heterocycles. The summed E-state index contributed by atoms with van der Waals surface area (Å²) in [5.41, 5.74) is 6.10. The lowest BCUT2D eigenvalue weighted by molar-refractivity contribution is -0.132. The van der Waals surface area contributed by atoms with Crippen molar-refractivity contribution in [3.63, 3.8) is 0 Å². The van der Waals surface area contributed by atoms with Gasteiger partial charge in [0.2, 0.25) is 0 Å². The summed E-state index contributed by atoms with van der Waals surface area (Å²) < 4.78 is 5.11. The Morgan fingerprint density at radius 2 is 2.17 bits per heavy atom. The first-order valence-corrected chi connectivity index (χ1v) is 5.27. The van der Waals surface area contributed by atoms with Gasteiger partial charge in [-0.05, 0) is 19.1 Å². The van der Waals surface area contributed by atoms with Crippen molar-refractivity contribution in [1.29, 1.82) is 0 Å². The number of carbonyl (C=O) groups is 1. The van der Waals surface area contributed by atoms with E-state index < -0.39 is 12.1 Å². The van der Waals surface area contributed by atoms with Crippen LogP contribution in [0, 0.1) is 0 Å². The quantitative estimate of drug-likeness (QED) is 0.601. The van der Waals surface area contributed by atoms with Gasteiger partial charge in [-0.3, -0.25) is 4.98 Å². The first kappa shape index (κ1) is 13.9. The fourth-order valence-corrected chi connectivity index (χ4v) is 1.31. The number of pyridine rings is 1. The molecule has 0 aliphatic carbocycles. The number of hydrogen-bond acceptors (Lipinski definition) is 5. The highest BCUT2D eigenvalue weighted by molar-refractivity contribution is 6.21. The molecule has 6 nitrogen and oxygen atoms in total. The zero-order valence-electron chi connectivity index (χ0n) is 10.2. The molecule has 96 valence electrons. The van der Waals surface area contributed by atoms with E-state index in [-0.39, 0.29) is 11.3 Å². The third kappa shape index (κ3) is 3.39. The molecular weight excluding hydrogens is 234 g/mol. The smallest absolute Gasteiger partial charge is 0.339 e. The van der Waals surface area contributed by atoms with E-state index in [4.69, 9.17) is 15.6 Å². The maximum absolute atomic E-state index is 11.1. The fourth-order valence-electron chi connectivity index (χ4n) is 1.31. The Kier molecular flexibility index (Phi) is 5.01. The molecule has 18 heavy (non-hydrogen) atoms. The molecule has 3 N–H and O–H groups in total. The zero-order chi connectivity index (χ0) is 13.5. The van der Waals surface area contributed by atoms with Gasteiger partial charge in [-0.1, -0.05) is 0 Å². The molecule has 0 bridgehead atoms. The topological polar surface area (TPSA) is 97.8 Å². The van der Waals surface area contributed by atoms with Crippen LogP contribution in [0.1, 0.15) is 6.92 Å². The normalized spacial score (nSPS) is 14.3. The van der Waals surface area contributed by atoms with Crippen molar-refractivity contribution >= 4 is 17.4 Å². The van der Waals surface area contributed by atoms with Gasteiger partial charge in [-0.25, -0.2) is 9.79 Å². The van der Waals surface area contributed by atoms with E-state index >= 15 is 0 Å². The number of hydrogen-bond donors (Lipinski definition) is 2. The van der Waals surface area contributed by atoms with Crippen molar-refractivity contribution < 1.29 is 14.6 Å². The van der Waals surface area contributed by atoms with E-state index in [1.807, 2.05) is 0 Å². The second kappa shape index (κ2) is 6.51. The molecule has 1 heterocycles. The number of aliphatic imine (C=N–C) groups is 1. The van der Waals surface area contributed by atoms with Gasteiger partial charge in [-0.15, -0.1) is 0 Å². The molecule has 0 saturated heterocycles. The van der Waals surface area contributed by atoms with Crippen LogP contribution in [0.5, 0.6) is 0 Å². The predicted octanol–water partition coefficient (Wildman–Crippen LogP) is 1.12. The molecule has 0 amide bonds. The second-order valence-electron chi connectivity index (χ2n) is 3.47. The lowest BCUT2D eigenvalue weighted by atomic mass is 10.1. The Bertz CT molecular complexity index is 469. The van der Waals surface area contributed by atoms with Crippen LogP contribution < -0.4 is 5.73 Å². The van der Waals surface area contributed by atoms with E-state index in [1.165, 1.54) is 7.11 Å². The van der Waals surface area contributed by atoms with Crippen LogP contribution in [0.2, 0.25) is 0 Å². The van der Waals surface area contributed by atoms with Crippen molar-refractivity contribution in [1.82, 2.24) is 4.98 Å². The molecule has 0 radical (unpaired) electrons. The van der Waals surface area contributed by atoms with Gasteiger partial charge in [0.15, 0.2) is 0 Å². The third-order valence-electron chi connectivity index (χ3n) is 2.32. The number of aliphatic carboxylic acids is 1. The molecule has 1 aromatic rings. The zero-order valence-corrected chi connectivity index (χ0v) is 10.2. The molecule has 1 atom stereocenters. The summed E-state index contributed by atoms with van der Waals surface area (Å²) in [7, 11) is 1.47. The molecule has 0 aromatic carbocycles. The van der Waals surface area contributed by atoms with Crippen LogP contribution >= 0.6 is 0 Å². The highest BCUT2D eigenvalue weighted by Crippen LogP contribution is 2.14. The van der Waals surface area contributed by atoms with E-state index in [2.05, 4.69) is 9.98 Å². The Balaban J connectivity index is 3.22. The minimum Gasteiger partial charge on any atom is -0.478 e. The summed E-state index contributed by atoms with van der Waals surface area (Å²) in [5, 5.41) is 9.07. The van der Waals surface area contributed by atoms with Gasteiger partial charge in [0.05, 0.1) is 23.1 Å². The average molecular weight is 249 g/mol. The van der Waals surface area contributed by atoms with Crippen LogP contribution in [0.4, 0.5) is 5.69 Å². The van der Waals surface area contributed by atoms with Crippen LogP contribution in [0.3, 0.4) is 0 Å². The van der Waals surface area contributed by atoms with Gasteiger partial charge in [-0.2, -0.15) is 0 Å².